The molecule has 0 aromatic heterocycles. The summed E-state index contributed by atoms with van der Waals surface area (Å²) in [4.78, 5) is 0. The fraction of sp³-hybridized carbons (Fsp3) is 1.00. The zero-order valence-electron chi connectivity index (χ0n) is 4.77. The molecule has 1 N–H and O–H groups in total. The van der Waals surface area contributed by atoms with Crippen molar-refractivity contribution in [1.29, 1.82) is 0 Å². The second-order valence-corrected chi connectivity index (χ2v) is 2.05. The van der Waals surface area contributed by atoms with Gasteiger partial charge in [-0.25, -0.2) is 0 Å². The number of nitrogens with one attached hydrogen (secondary N) is 1. The smallest absolute Gasteiger partial charge is 0.0920 e. The molecule has 0 fully saturated rings. The maximum absolute atomic E-state index is 10.5. The second-order valence-electron chi connectivity index (χ2n) is 2.05. The van der Waals surface area contributed by atoms with Crippen molar-refractivity contribution in [2.45, 2.75) is 0 Å². The van der Waals surface area contributed by atoms with Crippen molar-refractivity contribution >= 4 is 0 Å². The zero-order chi connectivity index (χ0) is 5.91. The third-order valence-corrected chi connectivity index (χ3v) is 0.650. The molecule has 0 atom stereocenters. The molecule has 0 aliphatic carbocycles. The molecular weight excluding hydrogens is 92.1 g/mol. The van der Waals surface area contributed by atoms with E-state index < -0.39 is 0 Å². The summed E-state index contributed by atoms with van der Waals surface area (Å²) in [6, 6.07) is 0. The fourth-order valence-corrected chi connectivity index (χ4v) is 0.269. The van der Waals surface area contributed by atoms with E-state index in [-0.39, 0.29) is 11.2 Å². The Morgan fingerprint density at radius 3 is 2.00 bits per heavy atom. The molecule has 7 heavy (non-hydrogen) atoms. The van der Waals surface area contributed by atoms with Crippen LogP contribution in [0.4, 0.5) is 0 Å². The van der Waals surface area contributed by atoms with E-state index in [9.17, 15) is 5.21 Å². The zero-order valence-corrected chi connectivity index (χ0v) is 4.77. The van der Waals surface area contributed by atoms with Crippen LogP contribution in [0.2, 0.25) is 0 Å². The van der Waals surface area contributed by atoms with E-state index >= 15 is 0 Å². The molecule has 43 valence electrons. The van der Waals surface area contributed by atoms with Gasteiger partial charge >= 0.3 is 0 Å². The molecule has 0 saturated heterocycles. The molecule has 0 aromatic carbocycles. The van der Waals surface area contributed by atoms with Crippen LogP contribution in [0.5, 0.6) is 0 Å². The Labute approximate surface area is 43.9 Å². The van der Waals surface area contributed by atoms with Crippen LogP contribution in [-0.2, 0) is 0 Å². The van der Waals surface area contributed by atoms with Crippen molar-refractivity contribution in [3.8, 4) is 0 Å². The highest BCUT2D eigenvalue weighted by Crippen LogP contribution is 1.87. The Morgan fingerprint density at radius 1 is 1.57 bits per heavy atom. The third kappa shape index (κ3) is 5.88. The Balaban J connectivity index is 3.15. The van der Waals surface area contributed by atoms with Gasteiger partial charge in [0.05, 0.1) is 27.2 Å². The molecule has 0 aliphatic heterocycles. The average Bonchev–Trinajstić information content (AvgIpc) is 1.30. The molecule has 0 bridgehead atoms. The maximum atomic E-state index is 10.5. The largest absolute Gasteiger partial charge is 0.633 e. The molecule has 0 spiro atoms. The van der Waals surface area contributed by atoms with Crippen LogP contribution in [-0.4, -0.2) is 31.8 Å². The molecule has 3 nitrogen and oxygen atoms in total. The van der Waals surface area contributed by atoms with Crippen LogP contribution in [0.1, 0.15) is 0 Å². The van der Waals surface area contributed by atoms with Crippen LogP contribution in [0.25, 0.3) is 0 Å². The SMILES string of the molecule is C[N+](C)([O-])CC[NH]. The van der Waals surface area contributed by atoms with Gasteiger partial charge < -0.3 is 9.85 Å². The van der Waals surface area contributed by atoms with Gasteiger partial charge in [0.2, 0.25) is 0 Å². The van der Waals surface area contributed by atoms with Gasteiger partial charge in [0.1, 0.15) is 0 Å². The van der Waals surface area contributed by atoms with Crippen molar-refractivity contribution in [2.75, 3.05) is 27.2 Å². The van der Waals surface area contributed by atoms with E-state index in [0.29, 0.717) is 6.54 Å². The minimum Gasteiger partial charge on any atom is -0.633 e. The third-order valence-electron chi connectivity index (χ3n) is 0.650. The maximum Gasteiger partial charge on any atom is 0.0920 e. The second kappa shape index (κ2) is 2.26. The lowest BCUT2D eigenvalue weighted by molar-refractivity contribution is -0.838. The minimum absolute atomic E-state index is 0.219. The lowest BCUT2D eigenvalue weighted by Crippen LogP contribution is -2.35. The van der Waals surface area contributed by atoms with Gasteiger partial charge in [-0.2, -0.15) is 0 Å². The highest BCUT2D eigenvalue weighted by Gasteiger charge is 1.95. The van der Waals surface area contributed by atoms with Crippen LogP contribution < -0.4 is 5.73 Å². The van der Waals surface area contributed by atoms with Gasteiger partial charge in [-0.3, -0.25) is 5.73 Å². The number of quaternary nitrogens is 1. The number of hydrogen-bond donors (Lipinski definition) is 0. The van der Waals surface area contributed by atoms with Gasteiger partial charge in [0.25, 0.3) is 0 Å². The summed E-state index contributed by atoms with van der Waals surface area (Å²) in [5.74, 6) is 0. The number of likely N-dealkylation sites (N-methyl/N-ethyl adjacent to an activating group) is 1. The number of nitrogens with zero attached hydrogens (tertiary/aromatic N) is 1. The summed E-state index contributed by atoms with van der Waals surface area (Å²) in [6.45, 7) is 0.608. The van der Waals surface area contributed by atoms with Crippen LogP contribution >= 0.6 is 0 Å². The topological polar surface area (TPSA) is 46.9 Å². The van der Waals surface area contributed by atoms with Gasteiger partial charge in [0, 0.05) is 0 Å². The molecular formula is C4H11N2O. The molecule has 0 aromatic rings. The molecule has 0 rings (SSSR count). The number of hydroxylamine groups is 3. The molecule has 0 unspecified atom stereocenters. The van der Waals surface area contributed by atoms with Crippen molar-refractivity contribution in [1.82, 2.24) is 5.73 Å². The summed E-state index contributed by atoms with van der Waals surface area (Å²) in [5.41, 5.74) is 6.64. The summed E-state index contributed by atoms with van der Waals surface area (Å²) < 4.78 is -0.344. The van der Waals surface area contributed by atoms with Crippen molar-refractivity contribution < 1.29 is 4.65 Å². The molecule has 1 radical (unpaired) electrons. The summed E-state index contributed by atoms with van der Waals surface area (Å²) in [7, 11) is 3.07. The van der Waals surface area contributed by atoms with Crippen LogP contribution in [0.3, 0.4) is 0 Å². The lowest BCUT2D eigenvalue weighted by atomic mass is 10.6. The van der Waals surface area contributed by atoms with Crippen LogP contribution in [0, 0.1) is 5.21 Å². The first-order chi connectivity index (χ1) is 3.06. The van der Waals surface area contributed by atoms with E-state index in [0.717, 1.165) is 0 Å². The van der Waals surface area contributed by atoms with E-state index in [4.69, 9.17) is 5.73 Å². The standard InChI is InChI=1S/C4H11N2O/c1-6(2,7)4-3-5/h5H,3-4H2,1-2H3. The van der Waals surface area contributed by atoms with Gasteiger partial charge in [-0.1, -0.05) is 0 Å². The molecule has 3 heteroatoms. The van der Waals surface area contributed by atoms with Gasteiger partial charge in [-0.15, -0.1) is 0 Å². The Hall–Kier alpha value is -0.120. The van der Waals surface area contributed by atoms with E-state index in [1.54, 1.807) is 0 Å². The summed E-state index contributed by atoms with van der Waals surface area (Å²) >= 11 is 0. The van der Waals surface area contributed by atoms with Crippen molar-refractivity contribution in [3.05, 3.63) is 5.21 Å². The van der Waals surface area contributed by atoms with Crippen molar-refractivity contribution in [3.63, 3.8) is 0 Å². The molecule has 0 aliphatic rings. The Kier molecular flexibility index (Phi) is 2.22. The monoisotopic (exact) mass is 103 g/mol. The first-order valence-corrected chi connectivity index (χ1v) is 2.25. The Bertz CT molecular complexity index is 48.1. The Morgan fingerprint density at radius 2 is 2.00 bits per heavy atom. The highest BCUT2D eigenvalue weighted by molar-refractivity contribution is 4.29. The predicted molar refractivity (Wildman–Crippen MR) is 28.3 cm³/mol. The average molecular weight is 103 g/mol. The molecule has 0 heterocycles. The van der Waals surface area contributed by atoms with Gasteiger partial charge in [-0.05, 0) is 0 Å². The lowest BCUT2D eigenvalue weighted by Gasteiger charge is -2.32. The first-order valence-electron chi connectivity index (χ1n) is 2.25. The summed E-state index contributed by atoms with van der Waals surface area (Å²) in [5, 5.41) is 10.5. The minimum atomic E-state index is -0.344. The van der Waals surface area contributed by atoms with E-state index in [2.05, 4.69) is 0 Å². The quantitative estimate of drug-likeness (QED) is 0.354. The summed E-state index contributed by atoms with van der Waals surface area (Å²) in [6.07, 6.45) is 0. The number of rotatable bonds is 2. The van der Waals surface area contributed by atoms with Gasteiger partial charge in [0.15, 0.2) is 0 Å². The first kappa shape index (κ1) is 6.88. The molecule has 0 amide bonds. The highest BCUT2D eigenvalue weighted by atomic mass is 16.5. The van der Waals surface area contributed by atoms with E-state index in [1.807, 2.05) is 0 Å². The molecule has 0 saturated carbocycles. The fourth-order valence-electron chi connectivity index (χ4n) is 0.269. The van der Waals surface area contributed by atoms with Crippen LogP contribution in [0.15, 0.2) is 0 Å². The number of hydrogen-bond acceptors (Lipinski definition) is 1. The van der Waals surface area contributed by atoms with E-state index in [1.165, 1.54) is 14.1 Å². The van der Waals surface area contributed by atoms with Crippen molar-refractivity contribution in [2.24, 2.45) is 0 Å². The normalized spacial score (nSPS) is 12.0. The predicted octanol–water partition coefficient (Wildman–Crippen LogP) is -0.157.